The molecule has 0 aliphatic heterocycles. The fourth-order valence-corrected chi connectivity index (χ4v) is 4.09. The molecule has 6 aromatic rings. The molecule has 39 heavy (non-hydrogen) atoms. The Morgan fingerprint density at radius 3 is 2.59 bits per heavy atom. The summed E-state index contributed by atoms with van der Waals surface area (Å²) in [5.74, 6) is 0.384. The van der Waals surface area contributed by atoms with Crippen LogP contribution in [-0.2, 0) is 19.8 Å². The normalized spacial score (nSPS) is 11.8. The molecule has 6 rings (SSSR count). The van der Waals surface area contributed by atoms with Crippen molar-refractivity contribution in [3.8, 4) is 11.4 Å². The van der Waals surface area contributed by atoms with E-state index in [1.54, 1.807) is 54.5 Å². The van der Waals surface area contributed by atoms with Crippen LogP contribution in [0.2, 0.25) is 0 Å². The van der Waals surface area contributed by atoms with Crippen LogP contribution in [0.3, 0.4) is 0 Å². The first-order valence-corrected chi connectivity index (χ1v) is 11.6. The Morgan fingerprint density at radius 2 is 1.79 bits per heavy atom. The second-order valence-corrected chi connectivity index (χ2v) is 8.72. The van der Waals surface area contributed by atoms with E-state index in [2.05, 4.69) is 35.9 Å². The van der Waals surface area contributed by atoms with Crippen molar-refractivity contribution in [3.63, 3.8) is 0 Å². The van der Waals surface area contributed by atoms with E-state index in [1.807, 2.05) is 6.07 Å². The highest BCUT2D eigenvalue weighted by Crippen LogP contribution is 2.30. The topological polar surface area (TPSA) is 120 Å². The molecule has 0 atom stereocenters. The molecule has 0 saturated carbocycles. The van der Waals surface area contributed by atoms with Gasteiger partial charge in [-0.1, -0.05) is 30.3 Å². The standard InChI is InChI=1S/C25H19F3N10O/c1-36-14-19-21(34-36)32-23(33-24(39)30-18-8-3-2-4-9-18)38-22(19)31-20(35-38)16-11-29-37(13-16)12-15-6-5-7-17(10-15)25(26,27)28/h2-11,13-14H,12H2,1H3,(H2,30,32,33,34,39). The molecule has 2 amide bonds. The van der Waals surface area contributed by atoms with Gasteiger partial charge in [0.2, 0.25) is 5.95 Å². The molecule has 2 N–H and O–H groups in total. The maximum absolute atomic E-state index is 13.1. The summed E-state index contributed by atoms with van der Waals surface area (Å²) in [5, 5.41) is 19.2. The van der Waals surface area contributed by atoms with Gasteiger partial charge in [-0.05, 0) is 29.8 Å². The molecule has 0 spiro atoms. The number of amides is 2. The molecule has 11 nitrogen and oxygen atoms in total. The van der Waals surface area contributed by atoms with Crippen molar-refractivity contribution in [2.24, 2.45) is 7.05 Å². The van der Waals surface area contributed by atoms with Gasteiger partial charge in [-0.3, -0.25) is 14.7 Å². The molecule has 0 unspecified atom stereocenters. The van der Waals surface area contributed by atoms with Crippen molar-refractivity contribution in [1.82, 2.24) is 39.1 Å². The van der Waals surface area contributed by atoms with Crippen molar-refractivity contribution in [2.75, 3.05) is 10.6 Å². The number of aryl methyl sites for hydroxylation is 1. The maximum Gasteiger partial charge on any atom is 0.416 e. The van der Waals surface area contributed by atoms with Crippen LogP contribution in [0.25, 0.3) is 28.1 Å². The Bertz CT molecular complexity index is 1820. The predicted molar refractivity (Wildman–Crippen MR) is 136 cm³/mol. The number of nitrogens with zero attached hydrogens (tertiary/aromatic N) is 8. The molecular formula is C25H19F3N10O. The summed E-state index contributed by atoms with van der Waals surface area (Å²) < 4.78 is 43.7. The van der Waals surface area contributed by atoms with E-state index in [9.17, 15) is 18.0 Å². The number of aromatic nitrogens is 8. The number of hydrogen-bond acceptors (Lipinski definition) is 6. The second kappa shape index (κ2) is 9.24. The minimum Gasteiger partial charge on any atom is -0.308 e. The summed E-state index contributed by atoms with van der Waals surface area (Å²) in [4.78, 5) is 21.7. The number of benzene rings is 2. The molecule has 0 radical (unpaired) electrons. The minimum atomic E-state index is -4.43. The van der Waals surface area contributed by atoms with Gasteiger partial charge in [0.25, 0.3) is 0 Å². The van der Waals surface area contributed by atoms with Gasteiger partial charge in [0.05, 0.1) is 29.3 Å². The number of anilines is 2. The number of urea groups is 1. The smallest absolute Gasteiger partial charge is 0.308 e. The number of fused-ring (bicyclic) bond motifs is 3. The largest absolute Gasteiger partial charge is 0.416 e. The Hall–Kier alpha value is -5.27. The lowest BCUT2D eigenvalue weighted by atomic mass is 10.1. The van der Waals surface area contributed by atoms with Crippen LogP contribution < -0.4 is 10.6 Å². The van der Waals surface area contributed by atoms with Gasteiger partial charge >= 0.3 is 12.2 Å². The van der Waals surface area contributed by atoms with Gasteiger partial charge in [0.1, 0.15) is 0 Å². The average Bonchev–Trinajstić information content (AvgIpc) is 3.62. The lowest BCUT2D eigenvalue weighted by molar-refractivity contribution is -0.137. The number of hydrogen-bond donors (Lipinski definition) is 2. The van der Waals surface area contributed by atoms with E-state index >= 15 is 0 Å². The summed E-state index contributed by atoms with van der Waals surface area (Å²) in [7, 11) is 1.74. The highest BCUT2D eigenvalue weighted by atomic mass is 19.4. The lowest BCUT2D eigenvalue weighted by Crippen LogP contribution is -2.22. The summed E-state index contributed by atoms with van der Waals surface area (Å²) in [6.07, 6.45) is 0.464. The third kappa shape index (κ3) is 4.86. The second-order valence-electron chi connectivity index (χ2n) is 8.72. The molecular weight excluding hydrogens is 513 g/mol. The van der Waals surface area contributed by atoms with Crippen molar-refractivity contribution >= 4 is 34.3 Å². The predicted octanol–water partition coefficient (Wildman–Crippen LogP) is 4.59. The van der Waals surface area contributed by atoms with Crippen molar-refractivity contribution in [3.05, 3.63) is 84.3 Å². The van der Waals surface area contributed by atoms with E-state index in [1.165, 1.54) is 21.5 Å². The first-order chi connectivity index (χ1) is 18.7. The summed E-state index contributed by atoms with van der Waals surface area (Å²) in [6.45, 7) is 0.123. The van der Waals surface area contributed by atoms with Crippen LogP contribution >= 0.6 is 0 Å². The quantitative estimate of drug-likeness (QED) is 0.335. The third-order valence-electron chi connectivity index (χ3n) is 5.82. The van der Waals surface area contributed by atoms with Gasteiger partial charge in [0, 0.05) is 25.1 Å². The Kier molecular flexibility index (Phi) is 5.70. The van der Waals surface area contributed by atoms with Crippen LogP contribution in [0, 0.1) is 0 Å². The Labute approximate surface area is 217 Å². The third-order valence-corrected chi connectivity index (χ3v) is 5.82. The molecule has 0 saturated heterocycles. The number of alkyl halides is 3. The van der Waals surface area contributed by atoms with Gasteiger partial charge < -0.3 is 5.32 Å². The molecule has 14 heteroatoms. The molecule has 0 fully saturated rings. The first-order valence-electron chi connectivity index (χ1n) is 11.6. The number of nitrogens with one attached hydrogen (secondary N) is 2. The molecule has 0 bridgehead atoms. The van der Waals surface area contributed by atoms with Gasteiger partial charge in [-0.15, -0.1) is 5.10 Å². The number of carbonyl (C=O) groups is 1. The number of para-hydroxylation sites is 1. The van der Waals surface area contributed by atoms with E-state index in [0.717, 1.165) is 12.1 Å². The molecule has 0 aliphatic carbocycles. The van der Waals surface area contributed by atoms with Gasteiger partial charge in [0.15, 0.2) is 17.1 Å². The number of carbonyl (C=O) groups excluding carboxylic acids is 1. The summed E-state index contributed by atoms with van der Waals surface area (Å²) in [5.41, 5.74) is 1.61. The summed E-state index contributed by atoms with van der Waals surface area (Å²) in [6, 6.07) is 13.5. The monoisotopic (exact) mass is 532 g/mol. The van der Waals surface area contributed by atoms with Crippen LogP contribution in [0.5, 0.6) is 0 Å². The SMILES string of the molecule is Cn1cc2c(nc(NC(=O)Nc3ccccc3)n3nc(-c4cnn(Cc5cccc(C(F)(F)F)c5)c4)nc23)n1. The first kappa shape index (κ1) is 24.1. The van der Waals surface area contributed by atoms with Crippen molar-refractivity contribution in [2.45, 2.75) is 12.7 Å². The van der Waals surface area contributed by atoms with Crippen molar-refractivity contribution < 1.29 is 18.0 Å². The number of halogens is 3. The molecule has 196 valence electrons. The zero-order chi connectivity index (χ0) is 27.1. The minimum absolute atomic E-state index is 0.0970. The fraction of sp³-hybridized carbons (Fsp3) is 0.120. The van der Waals surface area contributed by atoms with Gasteiger partial charge in [-0.25, -0.2) is 9.78 Å². The molecule has 0 aliphatic rings. The lowest BCUT2D eigenvalue weighted by Gasteiger charge is -2.08. The molecule has 4 heterocycles. The van der Waals surface area contributed by atoms with Crippen LogP contribution in [0.1, 0.15) is 11.1 Å². The average molecular weight is 532 g/mol. The zero-order valence-electron chi connectivity index (χ0n) is 20.3. The van der Waals surface area contributed by atoms with Crippen LogP contribution in [0.15, 0.2) is 73.2 Å². The van der Waals surface area contributed by atoms with E-state index in [4.69, 9.17) is 0 Å². The van der Waals surface area contributed by atoms with E-state index < -0.39 is 17.8 Å². The highest BCUT2D eigenvalue weighted by molar-refractivity contribution is 6.00. The molecule has 4 aromatic heterocycles. The fourth-order valence-electron chi connectivity index (χ4n) is 4.09. The summed E-state index contributed by atoms with van der Waals surface area (Å²) >= 11 is 0. The molecule has 2 aromatic carbocycles. The highest BCUT2D eigenvalue weighted by Gasteiger charge is 2.30. The zero-order valence-corrected chi connectivity index (χ0v) is 20.3. The number of rotatable bonds is 5. The Balaban J connectivity index is 1.32. The van der Waals surface area contributed by atoms with Crippen molar-refractivity contribution in [1.29, 1.82) is 0 Å². The van der Waals surface area contributed by atoms with E-state index in [0.29, 0.717) is 33.5 Å². The van der Waals surface area contributed by atoms with Crippen LogP contribution in [-0.4, -0.2) is 45.2 Å². The Morgan fingerprint density at radius 1 is 0.974 bits per heavy atom. The van der Waals surface area contributed by atoms with Gasteiger partial charge in [-0.2, -0.15) is 32.9 Å². The van der Waals surface area contributed by atoms with E-state index in [-0.39, 0.29) is 18.3 Å². The van der Waals surface area contributed by atoms with Crippen LogP contribution in [0.4, 0.5) is 29.6 Å². The maximum atomic E-state index is 13.1.